The second kappa shape index (κ2) is 9.88. The fourth-order valence-electron chi connectivity index (χ4n) is 3.38. The number of hydrogen-bond donors (Lipinski definition) is 1. The summed E-state index contributed by atoms with van der Waals surface area (Å²) in [7, 11) is 0. The molecule has 8 heteroatoms. The Morgan fingerprint density at radius 1 is 1.23 bits per heavy atom. The zero-order valence-electron chi connectivity index (χ0n) is 17.0. The Bertz CT molecular complexity index is 934. The number of carbonyl (C=O) groups excluding carboxylic acids is 1. The van der Waals surface area contributed by atoms with Crippen molar-refractivity contribution in [3.63, 3.8) is 0 Å². The number of anilines is 2. The summed E-state index contributed by atoms with van der Waals surface area (Å²) in [6.07, 6.45) is 1.65. The minimum absolute atomic E-state index is 0.0301. The van der Waals surface area contributed by atoms with Crippen LogP contribution in [0.2, 0.25) is 0 Å². The SMILES string of the molecule is CCN(CC(=O)Nc1ccc(N2CCOCC2)cc1)Cc1csc(-c2ccco2)n1. The lowest BCUT2D eigenvalue weighted by Gasteiger charge is -2.29. The molecule has 1 saturated heterocycles. The van der Waals surface area contributed by atoms with E-state index in [2.05, 4.69) is 20.1 Å². The monoisotopic (exact) mass is 426 g/mol. The number of carbonyl (C=O) groups is 1. The number of likely N-dealkylation sites (N-methyl/N-ethyl adjacent to an activating group) is 1. The number of benzene rings is 1. The van der Waals surface area contributed by atoms with Gasteiger partial charge in [-0.15, -0.1) is 11.3 Å². The number of thiazole rings is 1. The van der Waals surface area contributed by atoms with Crippen LogP contribution < -0.4 is 10.2 Å². The number of hydrogen-bond acceptors (Lipinski definition) is 7. The van der Waals surface area contributed by atoms with Gasteiger partial charge >= 0.3 is 0 Å². The van der Waals surface area contributed by atoms with Crippen molar-refractivity contribution in [1.29, 1.82) is 0 Å². The van der Waals surface area contributed by atoms with Crippen LogP contribution in [0.3, 0.4) is 0 Å². The van der Waals surface area contributed by atoms with Crippen molar-refractivity contribution < 1.29 is 13.9 Å². The zero-order chi connectivity index (χ0) is 20.8. The molecule has 0 atom stereocenters. The maximum absolute atomic E-state index is 12.5. The first-order valence-electron chi connectivity index (χ1n) is 10.1. The molecule has 4 rings (SSSR count). The van der Waals surface area contributed by atoms with Gasteiger partial charge in [0.1, 0.15) is 0 Å². The van der Waals surface area contributed by atoms with E-state index < -0.39 is 0 Å². The minimum Gasteiger partial charge on any atom is -0.462 e. The quantitative estimate of drug-likeness (QED) is 0.592. The van der Waals surface area contributed by atoms with Crippen LogP contribution in [-0.2, 0) is 16.1 Å². The number of morpholine rings is 1. The topological polar surface area (TPSA) is 70.8 Å². The van der Waals surface area contributed by atoms with E-state index in [1.54, 1.807) is 17.6 Å². The lowest BCUT2D eigenvalue weighted by atomic mass is 10.2. The summed E-state index contributed by atoms with van der Waals surface area (Å²) >= 11 is 1.55. The third-order valence-corrected chi connectivity index (χ3v) is 5.92. The van der Waals surface area contributed by atoms with Crippen molar-refractivity contribution in [2.24, 2.45) is 0 Å². The van der Waals surface area contributed by atoms with Gasteiger partial charge in [0.15, 0.2) is 10.8 Å². The molecule has 1 amide bonds. The average Bonchev–Trinajstić information content (AvgIpc) is 3.46. The summed E-state index contributed by atoms with van der Waals surface area (Å²) in [5.74, 6) is 0.741. The first-order chi connectivity index (χ1) is 14.7. The Hall–Kier alpha value is -2.68. The number of rotatable bonds is 8. The third kappa shape index (κ3) is 5.27. The molecule has 30 heavy (non-hydrogen) atoms. The molecule has 158 valence electrons. The van der Waals surface area contributed by atoms with Crippen LogP contribution in [0.4, 0.5) is 11.4 Å². The lowest BCUT2D eigenvalue weighted by molar-refractivity contribution is -0.117. The standard InChI is InChI=1S/C22H26N4O3S/c1-2-25(14-18-16-30-22(24-18)20-4-3-11-29-20)15-21(27)23-17-5-7-19(8-6-17)26-9-12-28-13-10-26/h3-8,11,16H,2,9-10,12-15H2,1H3,(H,23,27). The molecule has 1 fully saturated rings. The molecule has 2 aromatic heterocycles. The van der Waals surface area contributed by atoms with Gasteiger partial charge in [0, 0.05) is 36.4 Å². The van der Waals surface area contributed by atoms with Gasteiger partial charge in [0.25, 0.3) is 0 Å². The van der Waals surface area contributed by atoms with Gasteiger partial charge in [-0.25, -0.2) is 4.98 Å². The van der Waals surface area contributed by atoms with Crippen LogP contribution in [0.15, 0.2) is 52.5 Å². The summed E-state index contributed by atoms with van der Waals surface area (Å²) in [4.78, 5) is 21.5. The predicted molar refractivity (Wildman–Crippen MR) is 119 cm³/mol. The molecule has 1 aliphatic rings. The van der Waals surface area contributed by atoms with Crippen molar-refractivity contribution >= 4 is 28.6 Å². The Morgan fingerprint density at radius 3 is 2.73 bits per heavy atom. The lowest BCUT2D eigenvalue weighted by Crippen LogP contribution is -2.36. The smallest absolute Gasteiger partial charge is 0.238 e. The minimum atomic E-state index is -0.0301. The highest BCUT2D eigenvalue weighted by atomic mass is 32.1. The van der Waals surface area contributed by atoms with Gasteiger partial charge in [0.2, 0.25) is 5.91 Å². The van der Waals surface area contributed by atoms with Crippen LogP contribution in [0.5, 0.6) is 0 Å². The molecule has 0 spiro atoms. The van der Waals surface area contributed by atoms with Crippen molar-refractivity contribution in [2.45, 2.75) is 13.5 Å². The van der Waals surface area contributed by atoms with Gasteiger partial charge in [-0.3, -0.25) is 9.69 Å². The van der Waals surface area contributed by atoms with E-state index in [9.17, 15) is 4.79 Å². The normalized spacial score (nSPS) is 14.3. The number of amides is 1. The fraction of sp³-hybridized carbons (Fsp3) is 0.364. The second-order valence-electron chi connectivity index (χ2n) is 7.12. The van der Waals surface area contributed by atoms with E-state index in [-0.39, 0.29) is 5.91 Å². The Kier molecular flexibility index (Phi) is 6.78. The molecule has 0 radical (unpaired) electrons. The van der Waals surface area contributed by atoms with E-state index in [4.69, 9.17) is 9.15 Å². The molecule has 0 aliphatic carbocycles. The molecule has 1 aliphatic heterocycles. The molecule has 0 bridgehead atoms. The number of aromatic nitrogens is 1. The molecule has 1 N–H and O–H groups in total. The number of ether oxygens (including phenoxy) is 1. The van der Waals surface area contributed by atoms with Crippen LogP contribution in [0, 0.1) is 0 Å². The van der Waals surface area contributed by atoms with Gasteiger partial charge in [-0.2, -0.15) is 0 Å². The molecule has 1 aromatic carbocycles. The summed E-state index contributed by atoms with van der Waals surface area (Å²) in [5.41, 5.74) is 2.90. The van der Waals surface area contributed by atoms with Gasteiger partial charge in [-0.1, -0.05) is 6.92 Å². The van der Waals surface area contributed by atoms with E-state index in [0.717, 1.165) is 60.7 Å². The van der Waals surface area contributed by atoms with E-state index in [0.29, 0.717) is 13.1 Å². The first-order valence-corrected chi connectivity index (χ1v) is 11.0. The largest absolute Gasteiger partial charge is 0.462 e. The summed E-state index contributed by atoms with van der Waals surface area (Å²) in [6.45, 7) is 7.05. The van der Waals surface area contributed by atoms with Crippen molar-refractivity contribution in [2.75, 3.05) is 49.6 Å². The molecule has 3 heterocycles. The molecule has 0 saturated carbocycles. The highest BCUT2D eigenvalue weighted by Gasteiger charge is 2.14. The van der Waals surface area contributed by atoms with Crippen molar-refractivity contribution in [1.82, 2.24) is 9.88 Å². The van der Waals surface area contributed by atoms with Crippen molar-refractivity contribution in [3.05, 3.63) is 53.7 Å². The number of furan rings is 1. The summed E-state index contributed by atoms with van der Waals surface area (Å²) in [6, 6.07) is 11.8. The predicted octanol–water partition coefficient (Wildman–Crippen LogP) is 3.70. The molecular formula is C22H26N4O3S. The highest BCUT2D eigenvalue weighted by molar-refractivity contribution is 7.13. The first kappa shape index (κ1) is 20.6. The Balaban J connectivity index is 1.30. The summed E-state index contributed by atoms with van der Waals surface area (Å²) in [5, 5.41) is 5.87. The van der Waals surface area contributed by atoms with Crippen LogP contribution in [0.1, 0.15) is 12.6 Å². The second-order valence-corrected chi connectivity index (χ2v) is 7.98. The van der Waals surface area contributed by atoms with Gasteiger partial charge in [-0.05, 0) is 42.9 Å². The van der Waals surface area contributed by atoms with Gasteiger partial charge in [0.05, 0.1) is 31.7 Å². The van der Waals surface area contributed by atoms with Crippen LogP contribution in [0.25, 0.3) is 10.8 Å². The van der Waals surface area contributed by atoms with E-state index in [1.807, 2.05) is 48.7 Å². The number of nitrogens with one attached hydrogen (secondary N) is 1. The van der Waals surface area contributed by atoms with Crippen LogP contribution in [-0.4, -0.2) is 55.2 Å². The maximum atomic E-state index is 12.5. The van der Waals surface area contributed by atoms with E-state index in [1.165, 1.54) is 0 Å². The molecule has 3 aromatic rings. The average molecular weight is 427 g/mol. The maximum Gasteiger partial charge on any atom is 0.238 e. The van der Waals surface area contributed by atoms with E-state index >= 15 is 0 Å². The Labute approximate surface area is 180 Å². The highest BCUT2D eigenvalue weighted by Crippen LogP contribution is 2.24. The van der Waals surface area contributed by atoms with Crippen LogP contribution >= 0.6 is 11.3 Å². The zero-order valence-corrected chi connectivity index (χ0v) is 17.9. The summed E-state index contributed by atoms with van der Waals surface area (Å²) < 4.78 is 10.8. The van der Waals surface area contributed by atoms with Gasteiger partial charge < -0.3 is 19.4 Å². The van der Waals surface area contributed by atoms with Crippen molar-refractivity contribution in [3.8, 4) is 10.8 Å². The molecular weight excluding hydrogens is 400 g/mol. The Morgan fingerprint density at radius 2 is 2.03 bits per heavy atom. The molecule has 0 unspecified atom stereocenters. The molecule has 7 nitrogen and oxygen atoms in total. The number of nitrogens with zero attached hydrogens (tertiary/aromatic N) is 3. The fourth-order valence-corrected chi connectivity index (χ4v) is 4.16. The third-order valence-electron chi connectivity index (χ3n) is 5.01.